The van der Waals surface area contributed by atoms with E-state index >= 15 is 0 Å². The highest BCUT2D eigenvalue weighted by molar-refractivity contribution is 6.30. The average molecular weight is 264 g/mol. The van der Waals surface area contributed by atoms with E-state index in [9.17, 15) is 9.90 Å². The Hall–Kier alpha value is -2.27. The SMILES string of the molecule is Nc1ccc(C(=O)Nc2ccc(Cl)cn2)cc1O. The van der Waals surface area contributed by atoms with Crippen molar-refractivity contribution in [2.75, 3.05) is 11.1 Å². The van der Waals surface area contributed by atoms with Gasteiger partial charge in [-0.2, -0.15) is 0 Å². The number of carbonyl (C=O) groups is 1. The van der Waals surface area contributed by atoms with Crippen LogP contribution in [-0.4, -0.2) is 16.0 Å². The van der Waals surface area contributed by atoms with E-state index in [-0.39, 0.29) is 17.3 Å². The van der Waals surface area contributed by atoms with Crippen LogP contribution in [0.15, 0.2) is 36.5 Å². The van der Waals surface area contributed by atoms with E-state index in [2.05, 4.69) is 10.3 Å². The number of aromatic hydroxyl groups is 1. The maximum Gasteiger partial charge on any atom is 0.256 e. The minimum atomic E-state index is -0.389. The molecule has 0 atom stereocenters. The summed E-state index contributed by atoms with van der Waals surface area (Å²) in [5.74, 6) is -0.146. The Morgan fingerprint density at radius 2 is 2.11 bits per heavy atom. The number of halogens is 1. The molecule has 4 N–H and O–H groups in total. The largest absolute Gasteiger partial charge is 0.506 e. The van der Waals surface area contributed by atoms with Crippen molar-refractivity contribution in [3.05, 3.63) is 47.1 Å². The number of hydrogen-bond acceptors (Lipinski definition) is 4. The molecule has 2 rings (SSSR count). The number of carbonyl (C=O) groups excluding carboxylic acids is 1. The summed E-state index contributed by atoms with van der Waals surface area (Å²) in [6, 6.07) is 7.46. The highest BCUT2D eigenvalue weighted by atomic mass is 35.5. The number of nitrogens with one attached hydrogen (secondary N) is 1. The highest BCUT2D eigenvalue weighted by Crippen LogP contribution is 2.21. The van der Waals surface area contributed by atoms with Crippen LogP contribution in [0.5, 0.6) is 5.75 Å². The van der Waals surface area contributed by atoms with Crippen LogP contribution in [0.25, 0.3) is 0 Å². The fourth-order valence-electron chi connectivity index (χ4n) is 1.32. The molecule has 1 amide bonds. The molecule has 92 valence electrons. The highest BCUT2D eigenvalue weighted by Gasteiger charge is 2.08. The third kappa shape index (κ3) is 2.70. The Morgan fingerprint density at radius 3 is 2.72 bits per heavy atom. The Kier molecular flexibility index (Phi) is 3.34. The van der Waals surface area contributed by atoms with Crippen LogP contribution in [0, 0.1) is 0 Å². The standard InChI is InChI=1S/C12H10ClN3O2/c13-8-2-4-11(15-6-8)16-12(18)7-1-3-9(14)10(17)5-7/h1-6,17H,14H2,(H,15,16,18). The van der Waals surface area contributed by atoms with Gasteiger partial charge in [0.1, 0.15) is 11.6 Å². The van der Waals surface area contributed by atoms with E-state index in [4.69, 9.17) is 17.3 Å². The average Bonchev–Trinajstić information content (AvgIpc) is 2.35. The van der Waals surface area contributed by atoms with Crippen LogP contribution in [0.1, 0.15) is 10.4 Å². The lowest BCUT2D eigenvalue weighted by atomic mass is 10.2. The minimum absolute atomic E-state index is 0.133. The number of pyridine rings is 1. The summed E-state index contributed by atoms with van der Waals surface area (Å²) >= 11 is 5.68. The molecule has 0 aliphatic rings. The maximum atomic E-state index is 11.8. The maximum absolute atomic E-state index is 11.8. The normalized spacial score (nSPS) is 10.1. The first-order valence-electron chi connectivity index (χ1n) is 5.07. The number of phenols is 1. The van der Waals surface area contributed by atoms with Gasteiger partial charge in [0.2, 0.25) is 0 Å². The third-order valence-corrected chi connectivity index (χ3v) is 2.49. The van der Waals surface area contributed by atoms with Crippen molar-refractivity contribution in [3.63, 3.8) is 0 Å². The molecule has 1 aromatic heterocycles. The van der Waals surface area contributed by atoms with Gasteiger partial charge in [-0.05, 0) is 30.3 Å². The molecule has 6 heteroatoms. The molecule has 2 aromatic rings. The van der Waals surface area contributed by atoms with Gasteiger partial charge in [0.25, 0.3) is 5.91 Å². The Morgan fingerprint density at radius 1 is 1.33 bits per heavy atom. The van der Waals surface area contributed by atoms with Gasteiger partial charge in [0.15, 0.2) is 0 Å². The van der Waals surface area contributed by atoms with Gasteiger partial charge in [0.05, 0.1) is 10.7 Å². The number of amides is 1. The summed E-state index contributed by atoms with van der Waals surface area (Å²) in [6.45, 7) is 0. The Bertz CT molecular complexity index is 584. The van der Waals surface area contributed by atoms with E-state index in [1.165, 1.54) is 24.4 Å². The number of nitrogens with zero attached hydrogens (tertiary/aromatic N) is 1. The van der Waals surface area contributed by atoms with Gasteiger partial charge in [-0.1, -0.05) is 11.6 Å². The number of nitrogens with two attached hydrogens (primary N) is 1. The lowest BCUT2D eigenvalue weighted by molar-refractivity contribution is 0.102. The van der Waals surface area contributed by atoms with Gasteiger partial charge in [-0.15, -0.1) is 0 Å². The second kappa shape index (κ2) is 4.93. The van der Waals surface area contributed by atoms with Crippen molar-refractivity contribution in [3.8, 4) is 5.75 Å². The van der Waals surface area contributed by atoms with E-state index < -0.39 is 0 Å². The summed E-state index contributed by atoms with van der Waals surface area (Å²) in [4.78, 5) is 15.8. The molecule has 18 heavy (non-hydrogen) atoms. The summed E-state index contributed by atoms with van der Waals surface area (Å²) in [5.41, 5.74) is 5.96. The third-order valence-electron chi connectivity index (χ3n) is 2.26. The molecule has 0 fully saturated rings. The zero-order valence-electron chi connectivity index (χ0n) is 9.22. The molecule has 0 unspecified atom stereocenters. The van der Waals surface area contributed by atoms with Crippen LogP contribution < -0.4 is 11.1 Å². The van der Waals surface area contributed by atoms with Gasteiger partial charge in [0, 0.05) is 11.8 Å². The van der Waals surface area contributed by atoms with E-state index in [0.717, 1.165) is 0 Å². The fourth-order valence-corrected chi connectivity index (χ4v) is 1.43. The molecule has 0 saturated carbocycles. The van der Waals surface area contributed by atoms with E-state index in [1.54, 1.807) is 12.1 Å². The number of benzene rings is 1. The molecule has 0 saturated heterocycles. The summed E-state index contributed by atoms with van der Waals surface area (Å²) in [6.07, 6.45) is 1.43. The molecule has 1 aromatic carbocycles. The number of phenolic OH excluding ortho intramolecular Hbond substituents is 1. The first kappa shape index (κ1) is 12.2. The zero-order chi connectivity index (χ0) is 13.1. The molecular formula is C12H10ClN3O2. The summed E-state index contributed by atoms with van der Waals surface area (Å²) in [7, 11) is 0. The zero-order valence-corrected chi connectivity index (χ0v) is 9.98. The van der Waals surface area contributed by atoms with Crippen LogP contribution in [0.3, 0.4) is 0 Å². The predicted octanol–water partition coefficient (Wildman–Crippen LogP) is 2.28. The van der Waals surface area contributed by atoms with Crippen LogP contribution in [0.4, 0.5) is 11.5 Å². The lowest BCUT2D eigenvalue weighted by Crippen LogP contribution is -2.12. The molecular weight excluding hydrogens is 254 g/mol. The van der Waals surface area contributed by atoms with Gasteiger partial charge >= 0.3 is 0 Å². The minimum Gasteiger partial charge on any atom is -0.506 e. The van der Waals surface area contributed by atoms with Crippen LogP contribution in [-0.2, 0) is 0 Å². The molecule has 0 bridgehead atoms. The summed E-state index contributed by atoms with van der Waals surface area (Å²) in [5, 5.41) is 12.5. The van der Waals surface area contributed by atoms with E-state index in [1.807, 2.05) is 0 Å². The number of anilines is 2. The quantitative estimate of drug-likeness (QED) is 0.573. The number of hydrogen-bond donors (Lipinski definition) is 3. The lowest BCUT2D eigenvalue weighted by Gasteiger charge is -2.05. The molecule has 0 radical (unpaired) electrons. The van der Waals surface area contributed by atoms with Gasteiger partial charge in [-0.3, -0.25) is 4.79 Å². The van der Waals surface area contributed by atoms with Gasteiger partial charge < -0.3 is 16.2 Å². The van der Waals surface area contributed by atoms with Crippen molar-refractivity contribution >= 4 is 29.0 Å². The molecule has 0 spiro atoms. The number of rotatable bonds is 2. The van der Waals surface area contributed by atoms with Crippen molar-refractivity contribution in [2.45, 2.75) is 0 Å². The van der Waals surface area contributed by atoms with Crippen molar-refractivity contribution in [1.82, 2.24) is 4.98 Å². The Balaban J connectivity index is 2.16. The first-order chi connectivity index (χ1) is 8.56. The second-order valence-corrected chi connectivity index (χ2v) is 4.03. The molecule has 0 aliphatic carbocycles. The predicted molar refractivity (Wildman–Crippen MR) is 69.7 cm³/mol. The van der Waals surface area contributed by atoms with Crippen LogP contribution >= 0.6 is 11.6 Å². The van der Waals surface area contributed by atoms with Crippen molar-refractivity contribution < 1.29 is 9.90 Å². The fraction of sp³-hybridized carbons (Fsp3) is 0. The first-order valence-corrected chi connectivity index (χ1v) is 5.45. The number of aromatic nitrogens is 1. The number of nitrogen functional groups attached to an aromatic ring is 1. The van der Waals surface area contributed by atoms with Crippen molar-refractivity contribution in [1.29, 1.82) is 0 Å². The van der Waals surface area contributed by atoms with Crippen molar-refractivity contribution in [2.24, 2.45) is 0 Å². The topological polar surface area (TPSA) is 88.2 Å². The molecule has 5 nitrogen and oxygen atoms in total. The summed E-state index contributed by atoms with van der Waals surface area (Å²) < 4.78 is 0. The van der Waals surface area contributed by atoms with E-state index in [0.29, 0.717) is 16.4 Å². The van der Waals surface area contributed by atoms with Crippen LogP contribution in [0.2, 0.25) is 5.02 Å². The monoisotopic (exact) mass is 263 g/mol. The smallest absolute Gasteiger partial charge is 0.256 e. The molecule has 1 heterocycles. The Labute approximate surface area is 108 Å². The molecule has 0 aliphatic heterocycles. The van der Waals surface area contributed by atoms with Gasteiger partial charge in [-0.25, -0.2) is 4.98 Å². The second-order valence-electron chi connectivity index (χ2n) is 3.59.